The van der Waals surface area contributed by atoms with E-state index in [-0.39, 0.29) is 12.5 Å². The first-order chi connectivity index (χ1) is 11.0. The van der Waals surface area contributed by atoms with Crippen LogP contribution in [-0.4, -0.2) is 18.7 Å². The zero-order chi connectivity index (χ0) is 16.8. The Hall–Kier alpha value is -2.04. The second-order valence-electron chi connectivity index (χ2n) is 5.02. The highest BCUT2D eigenvalue weighted by atomic mass is 35.5. The second-order valence-corrected chi connectivity index (χ2v) is 5.84. The number of nitrogens with one attached hydrogen (secondary N) is 1. The molecule has 0 spiro atoms. The zero-order valence-electron chi connectivity index (χ0n) is 12.8. The monoisotopic (exact) mass is 350 g/mol. The van der Waals surface area contributed by atoms with E-state index >= 15 is 0 Å². The highest BCUT2D eigenvalue weighted by Crippen LogP contribution is 2.21. The minimum absolute atomic E-state index is 0.109. The van der Waals surface area contributed by atoms with E-state index < -0.39 is 0 Å². The van der Waals surface area contributed by atoms with Crippen molar-refractivity contribution in [3.05, 3.63) is 63.1 Å². The third-order valence-corrected chi connectivity index (χ3v) is 3.77. The Balaban J connectivity index is 1.85. The number of rotatable bonds is 5. The molecule has 1 amide bonds. The van der Waals surface area contributed by atoms with Crippen molar-refractivity contribution in [2.45, 2.75) is 13.8 Å². The number of hydrazone groups is 1. The van der Waals surface area contributed by atoms with Crippen LogP contribution in [0.15, 0.2) is 41.5 Å². The van der Waals surface area contributed by atoms with Crippen LogP contribution in [0.2, 0.25) is 10.0 Å². The molecular formula is C17H16Cl2N2O2. The first-order valence-electron chi connectivity index (χ1n) is 6.92. The molecule has 23 heavy (non-hydrogen) atoms. The van der Waals surface area contributed by atoms with Gasteiger partial charge < -0.3 is 4.74 Å². The maximum atomic E-state index is 11.7. The van der Waals surface area contributed by atoms with Crippen LogP contribution in [-0.2, 0) is 4.79 Å². The van der Waals surface area contributed by atoms with Crippen molar-refractivity contribution in [3.63, 3.8) is 0 Å². The lowest BCUT2D eigenvalue weighted by Gasteiger charge is -2.08. The van der Waals surface area contributed by atoms with E-state index in [0.717, 1.165) is 16.7 Å². The maximum absolute atomic E-state index is 11.7. The zero-order valence-corrected chi connectivity index (χ0v) is 14.3. The molecule has 1 N–H and O–H groups in total. The predicted molar refractivity (Wildman–Crippen MR) is 93.6 cm³/mol. The molecule has 4 nitrogen and oxygen atoms in total. The van der Waals surface area contributed by atoms with Gasteiger partial charge in [-0.3, -0.25) is 4.79 Å². The Bertz CT molecular complexity index is 745. The number of carbonyl (C=O) groups excluding carboxylic acids is 1. The van der Waals surface area contributed by atoms with Crippen LogP contribution in [0.25, 0.3) is 0 Å². The lowest BCUT2D eigenvalue weighted by atomic mass is 10.1. The van der Waals surface area contributed by atoms with Gasteiger partial charge in [-0.2, -0.15) is 5.10 Å². The first-order valence-corrected chi connectivity index (χ1v) is 7.68. The molecule has 0 unspecified atom stereocenters. The molecule has 0 radical (unpaired) electrons. The van der Waals surface area contributed by atoms with Gasteiger partial charge >= 0.3 is 0 Å². The minimum atomic E-state index is -0.346. The Labute approximate surface area is 145 Å². The molecule has 0 bridgehead atoms. The van der Waals surface area contributed by atoms with Gasteiger partial charge in [0.25, 0.3) is 5.91 Å². The van der Waals surface area contributed by atoms with Gasteiger partial charge in [-0.05, 0) is 43.2 Å². The molecule has 0 aromatic heterocycles. The van der Waals surface area contributed by atoms with E-state index in [4.69, 9.17) is 27.9 Å². The third kappa shape index (κ3) is 5.27. The number of halogens is 2. The maximum Gasteiger partial charge on any atom is 0.277 e. The van der Waals surface area contributed by atoms with Crippen molar-refractivity contribution in [1.29, 1.82) is 0 Å². The summed E-state index contributed by atoms with van der Waals surface area (Å²) >= 11 is 11.7. The number of hydrogen-bond acceptors (Lipinski definition) is 3. The van der Waals surface area contributed by atoms with Crippen molar-refractivity contribution in [2.24, 2.45) is 5.10 Å². The Kier molecular flexibility index (Phi) is 6.02. The number of hydrogen-bond donors (Lipinski definition) is 1. The number of aryl methyl sites for hydroxylation is 2. The number of carbonyl (C=O) groups is 1. The number of nitrogens with zero attached hydrogens (tertiary/aromatic N) is 1. The molecule has 120 valence electrons. The van der Waals surface area contributed by atoms with Gasteiger partial charge in [0.2, 0.25) is 0 Å². The van der Waals surface area contributed by atoms with Gasteiger partial charge in [0.1, 0.15) is 5.75 Å². The SMILES string of the molecule is Cc1ccc(OCC(=O)N/N=C\c2ccc(Cl)c(Cl)c2)c(C)c1. The number of ether oxygens (including phenoxy) is 1. The van der Waals surface area contributed by atoms with E-state index in [1.165, 1.54) is 6.21 Å². The Morgan fingerprint density at radius 2 is 1.96 bits per heavy atom. The van der Waals surface area contributed by atoms with Crippen molar-refractivity contribution < 1.29 is 9.53 Å². The minimum Gasteiger partial charge on any atom is -0.483 e. The summed E-state index contributed by atoms with van der Waals surface area (Å²) < 4.78 is 5.47. The van der Waals surface area contributed by atoms with Gasteiger partial charge in [0, 0.05) is 0 Å². The standard InChI is InChI=1S/C17H16Cl2N2O2/c1-11-3-6-16(12(2)7-11)23-10-17(22)21-20-9-13-4-5-14(18)15(19)8-13/h3-9H,10H2,1-2H3,(H,21,22)/b20-9-. The van der Waals surface area contributed by atoms with Gasteiger partial charge in [-0.1, -0.05) is 47.0 Å². The fourth-order valence-corrected chi connectivity index (χ4v) is 2.21. The molecular weight excluding hydrogens is 335 g/mol. The molecule has 0 atom stereocenters. The van der Waals surface area contributed by atoms with Crippen LogP contribution >= 0.6 is 23.2 Å². The molecule has 0 saturated heterocycles. The Morgan fingerprint density at radius 3 is 2.65 bits per heavy atom. The largest absolute Gasteiger partial charge is 0.483 e. The van der Waals surface area contributed by atoms with Crippen LogP contribution < -0.4 is 10.2 Å². The average molecular weight is 351 g/mol. The fraction of sp³-hybridized carbons (Fsp3) is 0.176. The lowest BCUT2D eigenvalue weighted by molar-refractivity contribution is -0.123. The molecule has 0 aliphatic carbocycles. The highest BCUT2D eigenvalue weighted by Gasteiger charge is 2.04. The summed E-state index contributed by atoms with van der Waals surface area (Å²) in [4.78, 5) is 11.7. The Morgan fingerprint density at radius 1 is 1.17 bits per heavy atom. The first kappa shape index (κ1) is 17.3. The van der Waals surface area contributed by atoms with E-state index in [1.807, 2.05) is 32.0 Å². The van der Waals surface area contributed by atoms with Crippen molar-refractivity contribution in [1.82, 2.24) is 5.43 Å². The molecule has 0 aliphatic rings. The summed E-state index contributed by atoms with van der Waals surface area (Å²) in [5.41, 5.74) is 5.25. The lowest BCUT2D eigenvalue weighted by Crippen LogP contribution is -2.24. The molecule has 2 aromatic carbocycles. The summed E-state index contributed by atoms with van der Waals surface area (Å²) in [6.45, 7) is 3.83. The summed E-state index contributed by atoms with van der Waals surface area (Å²) in [6.07, 6.45) is 1.48. The van der Waals surface area contributed by atoms with Crippen LogP contribution in [0.1, 0.15) is 16.7 Å². The summed E-state index contributed by atoms with van der Waals surface area (Å²) in [7, 11) is 0. The quantitative estimate of drug-likeness (QED) is 0.650. The average Bonchev–Trinajstić information content (AvgIpc) is 2.50. The fourth-order valence-electron chi connectivity index (χ4n) is 1.91. The molecule has 2 rings (SSSR count). The normalized spacial score (nSPS) is 10.8. The molecule has 0 fully saturated rings. The smallest absolute Gasteiger partial charge is 0.277 e. The summed E-state index contributed by atoms with van der Waals surface area (Å²) in [5, 5.41) is 4.75. The van der Waals surface area contributed by atoms with E-state index in [2.05, 4.69) is 10.5 Å². The van der Waals surface area contributed by atoms with Crippen molar-refractivity contribution in [3.8, 4) is 5.75 Å². The second kappa shape index (κ2) is 7.99. The molecule has 2 aromatic rings. The van der Waals surface area contributed by atoms with Crippen molar-refractivity contribution in [2.75, 3.05) is 6.61 Å². The van der Waals surface area contributed by atoms with Crippen LogP contribution in [0.3, 0.4) is 0 Å². The van der Waals surface area contributed by atoms with E-state index in [9.17, 15) is 4.79 Å². The van der Waals surface area contributed by atoms with Gasteiger partial charge in [-0.25, -0.2) is 5.43 Å². The van der Waals surface area contributed by atoms with Gasteiger partial charge in [0.15, 0.2) is 6.61 Å². The molecule has 0 saturated carbocycles. The van der Waals surface area contributed by atoms with Crippen molar-refractivity contribution >= 4 is 35.3 Å². The summed E-state index contributed by atoms with van der Waals surface area (Å²) in [5.74, 6) is 0.334. The predicted octanol–water partition coefficient (Wildman–Crippen LogP) is 4.14. The molecule has 0 aliphatic heterocycles. The summed E-state index contributed by atoms with van der Waals surface area (Å²) in [6, 6.07) is 10.8. The molecule has 6 heteroatoms. The van der Waals surface area contributed by atoms with Gasteiger partial charge in [-0.15, -0.1) is 0 Å². The molecule has 0 heterocycles. The van der Waals surface area contributed by atoms with Gasteiger partial charge in [0.05, 0.1) is 16.3 Å². The van der Waals surface area contributed by atoms with Crippen LogP contribution in [0, 0.1) is 13.8 Å². The highest BCUT2D eigenvalue weighted by molar-refractivity contribution is 6.42. The third-order valence-electron chi connectivity index (χ3n) is 3.04. The van der Waals surface area contributed by atoms with Crippen LogP contribution in [0.4, 0.5) is 0 Å². The van der Waals surface area contributed by atoms with E-state index in [0.29, 0.717) is 15.8 Å². The number of amides is 1. The topological polar surface area (TPSA) is 50.7 Å². The van der Waals surface area contributed by atoms with Crippen LogP contribution in [0.5, 0.6) is 5.75 Å². The number of benzene rings is 2. The van der Waals surface area contributed by atoms with E-state index in [1.54, 1.807) is 18.2 Å².